The van der Waals surface area contributed by atoms with Crippen molar-refractivity contribution in [1.82, 2.24) is 0 Å². The first kappa shape index (κ1) is 27.4. The van der Waals surface area contributed by atoms with E-state index in [9.17, 15) is 0 Å². The van der Waals surface area contributed by atoms with Crippen molar-refractivity contribution < 1.29 is 0 Å². The van der Waals surface area contributed by atoms with E-state index in [-0.39, 0.29) is 0 Å². The van der Waals surface area contributed by atoms with Crippen LogP contribution in [0.1, 0.15) is 11.1 Å². The smallest absolute Gasteiger partial charge is 0.0468 e. The molecule has 0 aliphatic heterocycles. The van der Waals surface area contributed by atoms with Crippen molar-refractivity contribution in [2.24, 2.45) is 0 Å². The lowest BCUT2D eigenvalue weighted by Crippen LogP contribution is -2.10. The van der Waals surface area contributed by atoms with Gasteiger partial charge in [0.25, 0.3) is 0 Å². The Hall–Kier alpha value is -5.92. The van der Waals surface area contributed by atoms with Crippen LogP contribution in [0.15, 0.2) is 164 Å². The summed E-state index contributed by atoms with van der Waals surface area (Å²) in [4.78, 5) is 2.34. The summed E-state index contributed by atoms with van der Waals surface area (Å²) >= 11 is 0. The minimum Gasteiger partial charge on any atom is -0.310 e. The van der Waals surface area contributed by atoms with E-state index in [0.717, 1.165) is 17.1 Å². The number of para-hydroxylation sites is 2. The molecule has 0 saturated heterocycles. The highest BCUT2D eigenvalue weighted by atomic mass is 15.1. The average Bonchev–Trinajstić information content (AvgIpc) is 3.11. The van der Waals surface area contributed by atoms with Crippen molar-refractivity contribution in [3.05, 3.63) is 175 Å². The molecule has 9 rings (SSSR count). The molecular weight excluding hydrogens is 567 g/mol. The highest BCUT2D eigenvalue weighted by Crippen LogP contribution is 2.60. The van der Waals surface area contributed by atoms with Crippen molar-refractivity contribution in [3.8, 4) is 44.5 Å². The lowest BCUT2D eigenvalue weighted by Gasteiger charge is -2.33. The molecule has 8 aromatic carbocycles. The third kappa shape index (κ3) is 4.31. The van der Waals surface area contributed by atoms with Gasteiger partial charge in [0.15, 0.2) is 0 Å². The van der Waals surface area contributed by atoms with E-state index in [1.54, 1.807) is 0 Å². The molecule has 222 valence electrons. The van der Waals surface area contributed by atoms with E-state index in [4.69, 9.17) is 0 Å². The van der Waals surface area contributed by atoms with Crippen LogP contribution in [-0.2, 0) is 0 Å². The molecule has 1 heteroatoms. The quantitative estimate of drug-likeness (QED) is 0.190. The van der Waals surface area contributed by atoms with Crippen LogP contribution in [-0.4, -0.2) is 0 Å². The molecule has 47 heavy (non-hydrogen) atoms. The van der Waals surface area contributed by atoms with E-state index in [1.165, 1.54) is 77.2 Å². The fourth-order valence-corrected chi connectivity index (χ4v) is 7.62. The number of fused-ring (bicyclic) bond motifs is 6. The molecule has 0 amide bonds. The normalized spacial score (nSPS) is 11.6. The Morgan fingerprint density at radius 2 is 0.766 bits per heavy atom. The van der Waals surface area contributed by atoms with E-state index in [1.807, 2.05) is 0 Å². The molecule has 0 heterocycles. The molecule has 0 radical (unpaired) electrons. The molecule has 0 N–H and O–H groups in total. The summed E-state index contributed by atoms with van der Waals surface area (Å²) in [6, 6.07) is 59.7. The maximum Gasteiger partial charge on any atom is 0.0468 e. The Bertz CT molecular complexity index is 2430. The number of nitrogens with zero attached hydrogens (tertiary/aromatic N) is 1. The summed E-state index contributed by atoms with van der Waals surface area (Å²) in [5.74, 6) is 0. The second-order valence-corrected chi connectivity index (χ2v) is 12.6. The Labute approximate surface area is 276 Å². The third-order valence-corrected chi connectivity index (χ3v) is 9.83. The molecule has 1 aliphatic carbocycles. The fourth-order valence-electron chi connectivity index (χ4n) is 7.62. The second-order valence-electron chi connectivity index (χ2n) is 12.6. The van der Waals surface area contributed by atoms with Crippen molar-refractivity contribution in [3.63, 3.8) is 0 Å². The second kappa shape index (κ2) is 10.9. The molecule has 0 aromatic heterocycles. The maximum absolute atomic E-state index is 2.43. The fraction of sp³-hybridized carbons (Fsp3) is 0.0435. The van der Waals surface area contributed by atoms with Crippen molar-refractivity contribution >= 4 is 38.6 Å². The van der Waals surface area contributed by atoms with Crippen molar-refractivity contribution in [1.29, 1.82) is 0 Å². The minimum atomic E-state index is 1.14. The molecule has 0 spiro atoms. The Balaban J connectivity index is 1.32. The predicted octanol–water partition coefficient (Wildman–Crippen LogP) is 13.1. The first-order chi connectivity index (χ1) is 23.2. The lowest BCUT2D eigenvalue weighted by atomic mass is 9.69. The van der Waals surface area contributed by atoms with E-state index in [2.05, 4.69) is 183 Å². The molecule has 0 unspecified atom stereocenters. The molecule has 0 fully saturated rings. The standard InChI is InChI=1S/C46H33N/c1-30-15-9-11-21-37(30)43-39-23-13-14-24-40(39)44(38-22-12-10-16-31(38)2)46-42-29-33-27-36(26-25-32(33)28-41(42)45(43)46)47(34-17-5-3-6-18-34)35-19-7-4-8-20-35/h3-29H,1-2H3. The molecule has 0 saturated carbocycles. The Morgan fingerprint density at radius 1 is 0.319 bits per heavy atom. The largest absolute Gasteiger partial charge is 0.310 e. The zero-order valence-corrected chi connectivity index (χ0v) is 26.5. The van der Waals surface area contributed by atoms with E-state index in [0.29, 0.717) is 0 Å². The molecule has 8 aromatic rings. The van der Waals surface area contributed by atoms with Crippen molar-refractivity contribution in [2.75, 3.05) is 4.90 Å². The van der Waals surface area contributed by atoms with Gasteiger partial charge >= 0.3 is 0 Å². The monoisotopic (exact) mass is 599 g/mol. The van der Waals surface area contributed by atoms with Gasteiger partial charge in [-0.3, -0.25) is 0 Å². The summed E-state index contributed by atoms with van der Waals surface area (Å²) in [6.45, 7) is 4.47. The van der Waals surface area contributed by atoms with Gasteiger partial charge in [0.05, 0.1) is 0 Å². The van der Waals surface area contributed by atoms with Gasteiger partial charge in [0.2, 0.25) is 0 Å². The third-order valence-electron chi connectivity index (χ3n) is 9.83. The summed E-state index contributed by atoms with van der Waals surface area (Å²) in [5, 5.41) is 5.10. The maximum atomic E-state index is 2.43. The highest BCUT2D eigenvalue weighted by molar-refractivity contribution is 6.26. The van der Waals surface area contributed by atoms with Gasteiger partial charge < -0.3 is 4.90 Å². The average molecular weight is 600 g/mol. The number of hydrogen-bond donors (Lipinski definition) is 0. The zero-order chi connectivity index (χ0) is 31.5. The van der Waals surface area contributed by atoms with E-state index >= 15 is 0 Å². The van der Waals surface area contributed by atoms with Crippen LogP contribution in [0.2, 0.25) is 0 Å². The zero-order valence-electron chi connectivity index (χ0n) is 26.5. The van der Waals surface area contributed by atoms with Crippen LogP contribution in [0.4, 0.5) is 17.1 Å². The van der Waals surface area contributed by atoms with Crippen LogP contribution in [0, 0.1) is 13.8 Å². The summed E-state index contributed by atoms with van der Waals surface area (Å²) in [6.07, 6.45) is 0. The van der Waals surface area contributed by atoms with Crippen LogP contribution in [0.5, 0.6) is 0 Å². The number of anilines is 3. The minimum absolute atomic E-state index is 1.14. The summed E-state index contributed by atoms with van der Waals surface area (Å²) in [7, 11) is 0. The topological polar surface area (TPSA) is 3.24 Å². The number of benzene rings is 8. The molecule has 0 bridgehead atoms. The lowest BCUT2D eigenvalue weighted by molar-refractivity contribution is 1.29. The van der Waals surface area contributed by atoms with Gasteiger partial charge in [-0.1, -0.05) is 115 Å². The van der Waals surface area contributed by atoms with Crippen LogP contribution < -0.4 is 4.90 Å². The summed E-state index contributed by atoms with van der Waals surface area (Å²) < 4.78 is 0. The molecular formula is C46H33N. The van der Waals surface area contributed by atoms with Crippen LogP contribution in [0.3, 0.4) is 0 Å². The number of aryl methyl sites for hydroxylation is 2. The number of hydrogen-bond acceptors (Lipinski definition) is 1. The van der Waals surface area contributed by atoms with Crippen molar-refractivity contribution in [2.45, 2.75) is 13.8 Å². The van der Waals surface area contributed by atoms with Gasteiger partial charge in [0, 0.05) is 17.1 Å². The van der Waals surface area contributed by atoms with Gasteiger partial charge in [-0.15, -0.1) is 0 Å². The summed E-state index contributed by atoms with van der Waals surface area (Å²) in [5.41, 5.74) is 16.7. The number of rotatable bonds is 5. The van der Waals surface area contributed by atoms with Gasteiger partial charge in [0.1, 0.15) is 0 Å². The molecule has 1 nitrogen and oxygen atoms in total. The van der Waals surface area contributed by atoms with Gasteiger partial charge in [-0.05, 0) is 140 Å². The van der Waals surface area contributed by atoms with Gasteiger partial charge in [-0.2, -0.15) is 0 Å². The SMILES string of the molecule is Cc1ccccc1-c1c2c(c(-c3ccccc3C)c3ccccc13)-c1cc3cc(N(c4ccccc4)c4ccccc4)ccc3cc1-2. The molecule has 1 aliphatic rings. The van der Waals surface area contributed by atoms with Crippen LogP contribution >= 0.6 is 0 Å². The Morgan fingerprint density at radius 3 is 1.28 bits per heavy atom. The van der Waals surface area contributed by atoms with Crippen LogP contribution in [0.25, 0.3) is 66.1 Å². The molecule has 0 atom stereocenters. The first-order valence-electron chi connectivity index (χ1n) is 16.4. The highest BCUT2D eigenvalue weighted by Gasteiger charge is 2.33. The first-order valence-corrected chi connectivity index (χ1v) is 16.4. The van der Waals surface area contributed by atoms with Gasteiger partial charge in [-0.25, -0.2) is 0 Å². The predicted molar refractivity (Wildman–Crippen MR) is 201 cm³/mol. The van der Waals surface area contributed by atoms with E-state index < -0.39 is 0 Å². The Kier molecular flexibility index (Phi) is 6.33.